The van der Waals surface area contributed by atoms with Gasteiger partial charge in [0.1, 0.15) is 35.1 Å². The van der Waals surface area contributed by atoms with Crippen molar-refractivity contribution in [1.82, 2.24) is 9.80 Å². The predicted octanol–water partition coefficient (Wildman–Crippen LogP) is 10.9. The first-order chi connectivity index (χ1) is 37.4. The molecular formula is C56H40N4O10S7. The molecule has 3 aromatic heterocycles. The Bertz CT molecular complexity index is 3400. The van der Waals surface area contributed by atoms with Crippen molar-refractivity contribution >= 4 is 167 Å². The normalized spacial score (nSPS) is 17.3. The van der Waals surface area contributed by atoms with E-state index in [0.717, 1.165) is 34.9 Å². The summed E-state index contributed by atoms with van der Waals surface area (Å²) in [5.41, 5.74) is -2.15. The van der Waals surface area contributed by atoms with E-state index < -0.39 is 46.5 Å². The zero-order valence-electron chi connectivity index (χ0n) is 40.7. The van der Waals surface area contributed by atoms with E-state index >= 15 is 19.2 Å². The second-order valence-corrected chi connectivity index (χ2v) is 23.9. The number of ether oxygens (including phenoxy) is 4. The monoisotopic (exact) mass is 1150 g/mol. The van der Waals surface area contributed by atoms with Crippen molar-refractivity contribution in [1.29, 1.82) is 0 Å². The number of thiocarbonyl (C=S) groups is 2. The van der Waals surface area contributed by atoms with Gasteiger partial charge in [0.25, 0.3) is 11.8 Å². The fraction of sp³-hybridized carbons (Fsp3) is 0.179. The lowest BCUT2D eigenvalue weighted by atomic mass is 9.80. The Balaban J connectivity index is 1.13. The number of rotatable bonds is 16. The van der Waals surface area contributed by atoms with Gasteiger partial charge in [-0.15, -0.1) is 34.0 Å². The molecular weight excluding hydrogens is 1110 g/mol. The minimum atomic E-state index is -2.43. The number of thioether (sulfide) groups is 2. The van der Waals surface area contributed by atoms with Gasteiger partial charge in [-0.25, -0.2) is 9.98 Å². The van der Waals surface area contributed by atoms with Crippen molar-refractivity contribution in [3.8, 4) is 0 Å². The minimum absolute atomic E-state index is 0.0506. The van der Waals surface area contributed by atoms with Crippen LogP contribution in [0.4, 0.5) is 0 Å². The van der Waals surface area contributed by atoms with Crippen LogP contribution in [0.3, 0.4) is 0 Å². The van der Waals surface area contributed by atoms with Gasteiger partial charge in [0, 0.05) is 34.0 Å². The number of esters is 4. The van der Waals surface area contributed by atoms with Crippen LogP contribution < -0.4 is 0 Å². The van der Waals surface area contributed by atoms with Gasteiger partial charge in [-0.2, -0.15) is 0 Å². The summed E-state index contributed by atoms with van der Waals surface area (Å²) in [6.07, 6.45) is 3.21. The first-order valence-electron chi connectivity index (χ1n) is 23.9. The quantitative estimate of drug-likeness (QED) is 0.0387. The van der Waals surface area contributed by atoms with Crippen molar-refractivity contribution in [2.45, 2.75) is 51.1 Å². The molecule has 4 aliphatic rings. The molecule has 77 heavy (non-hydrogen) atoms. The zero-order chi connectivity index (χ0) is 53.6. The molecule has 2 fully saturated rings. The fourth-order valence-corrected chi connectivity index (χ4v) is 16.5. The predicted molar refractivity (Wildman–Crippen MR) is 309 cm³/mol. The Morgan fingerprint density at radius 1 is 0.468 bits per heavy atom. The number of carbonyl (C=O) groups is 6. The van der Waals surface area contributed by atoms with E-state index in [1.807, 2.05) is 24.3 Å². The van der Waals surface area contributed by atoms with E-state index in [1.54, 1.807) is 123 Å². The Hall–Kier alpha value is -6.98. The van der Waals surface area contributed by atoms with Crippen molar-refractivity contribution in [2.75, 3.05) is 13.1 Å². The second-order valence-electron chi connectivity index (χ2n) is 17.6. The molecule has 0 unspecified atom stereocenters. The first-order valence-corrected chi connectivity index (χ1v) is 28.8. The summed E-state index contributed by atoms with van der Waals surface area (Å²) < 4.78 is 27.2. The third kappa shape index (κ3) is 9.06. The molecule has 2 aliphatic heterocycles. The summed E-state index contributed by atoms with van der Waals surface area (Å²) in [6, 6.07) is 35.9. The van der Waals surface area contributed by atoms with Crippen LogP contribution in [0.5, 0.6) is 0 Å². The number of aliphatic imine (C=N–C) groups is 2. The third-order valence-electron chi connectivity index (χ3n) is 13.1. The number of fused-ring (bicyclic) bond motifs is 7. The summed E-state index contributed by atoms with van der Waals surface area (Å²) in [7, 11) is 0. The Morgan fingerprint density at radius 2 is 0.766 bits per heavy atom. The Kier molecular flexibility index (Phi) is 14.5. The van der Waals surface area contributed by atoms with Gasteiger partial charge < -0.3 is 18.9 Å². The number of hydrogen-bond acceptors (Lipinski definition) is 19. The number of carbonyl (C=O) groups excluding carboxylic acids is 6. The smallest absolute Gasteiger partial charge is 0.334 e. The molecule has 0 atom stereocenters. The van der Waals surface area contributed by atoms with Crippen molar-refractivity contribution < 1.29 is 47.7 Å². The van der Waals surface area contributed by atoms with Gasteiger partial charge in [0.2, 0.25) is 10.8 Å². The maximum absolute atomic E-state index is 15.5. The number of benzene rings is 4. The highest BCUT2D eigenvalue weighted by Crippen LogP contribution is 2.61. The molecule has 0 bridgehead atoms. The molecule has 0 radical (unpaired) electrons. The summed E-state index contributed by atoms with van der Waals surface area (Å²) in [5, 5.41) is -0.101. The van der Waals surface area contributed by atoms with E-state index in [1.165, 1.54) is 32.5 Å². The number of amides is 2. The molecule has 7 aromatic rings. The molecule has 0 saturated carbocycles. The van der Waals surface area contributed by atoms with Crippen LogP contribution in [-0.2, 0) is 85.0 Å². The maximum atomic E-state index is 15.5. The lowest BCUT2D eigenvalue weighted by molar-refractivity contribution is -0.166. The van der Waals surface area contributed by atoms with E-state index in [-0.39, 0.29) is 80.8 Å². The average molecular weight is 1150 g/mol. The molecule has 2 aliphatic carbocycles. The highest BCUT2D eigenvalue weighted by molar-refractivity contribution is 8.35. The van der Waals surface area contributed by atoms with E-state index in [4.69, 9.17) is 53.4 Å². The maximum Gasteiger partial charge on any atom is 0.334 e. The van der Waals surface area contributed by atoms with Crippen LogP contribution in [-0.4, -0.2) is 77.3 Å². The molecule has 2 amide bonds. The Morgan fingerprint density at radius 3 is 1.04 bits per heavy atom. The van der Waals surface area contributed by atoms with E-state index in [2.05, 4.69) is 0 Å². The zero-order valence-corrected chi connectivity index (χ0v) is 46.4. The summed E-state index contributed by atoms with van der Waals surface area (Å²) in [4.78, 5) is 103. The number of thiophene rings is 3. The van der Waals surface area contributed by atoms with Crippen LogP contribution in [0.2, 0.25) is 0 Å². The molecule has 386 valence electrons. The van der Waals surface area contributed by atoms with Gasteiger partial charge in [-0.3, -0.25) is 38.6 Å². The van der Waals surface area contributed by atoms with Crippen LogP contribution >= 0.6 is 82.0 Å². The first kappa shape index (κ1) is 52.1. The molecule has 0 N–H and O–H groups in total. The lowest BCUT2D eigenvalue weighted by Gasteiger charge is -2.28. The van der Waals surface area contributed by atoms with Gasteiger partial charge in [0.15, 0.2) is 10.1 Å². The van der Waals surface area contributed by atoms with Crippen molar-refractivity contribution in [2.24, 2.45) is 9.98 Å². The summed E-state index contributed by atoms with van der Waals surface area (Å²) >= 11 is 16.7. The fourth-order valence-electron chi connectivity index (χ4n) is 9.31. The molecule has 4 aromatic carbocycles. The summed E-state index contributed by atoms with van der Waals surface area (Å²) in [6.45, 7) is 3.15. The molecule has 2 saturated heterocycles. The van der Waals surface area contributed by atoms with Gasteiger partial charge >= 0.3 is 23.9 Å². The van der Waals surface area contributed by atoms with Crippen LogP contribution in [0.1, 0.15) is 57.0 Å². The van der Waals surface area contributed by atoms with Crippen LogP contribution in [0, 0.1) is 0 Å². The van der Waals surface area contributed by atoms with E-state index in [0.29, 0.717) is 50.8 Å². The molecule has 11 rings (SSSR count). The topological polar surface area (TPSA) is 171 Å². The average Bonchev–Trinajstić information content (AvgIpc) is 4.37. The van der Waals surface area contributed by atoms with Crippen molar-refractivity contribution in [3.63, 3.8) is 0 Å². The minimum Gasteiger partial charge on any atom is -0.459 e. The molecule has 0 spiro atoms. The van der Waals surface area contributed by atoms with Gasteiger partial charge in [-0.1, -0.05) is 146 Å². The molecule has 14 nitrogen and oxygen atoms in total. The second kappa shape index (κ2) is 21.4. The Labute approximate surface area is 471 Å². The van der Waals surface area contributed by atoms with E-state index in [9.17, 15) is 9.59 Å². The summed E-state index contributed by atoms with van der Waals surface area (Å²) in [5.74, 6) is -5.04. The highest BCUT2D eigenvalue weighted by atomic mass is 32.2. The lowest BCUT2D eigenvalue weighted by Crippen LogP contribution is -2.46. The molecule has 21 heteroatoms. The van der Waals surface area contributed by atoms with Gasteiger partial charge in [-0.05, 0) is 71.8 Å². The largest absolute Gasteiger partial charge is 0.459 e. The van der Waals surface area contributed by atoms with Crippen LogP contribution in [0.15, 0.2) is 143 Å². The third-order valence-corrected chi connectivity index (χ3v) is 19.6. The number of hydrogen-bond donors (Lipinski definition) is 0. The SMILES string of the molecule is CCN1C(=O)/C(=N/C2=Cc3sc4c(sc5c6c(sc54)C=C(/N=C4\SC(=S)N(CC)C4=O)C6(C(=O)OCc4ccccc4)C(=O)OCc4ccccc4)c3C2(C(=O)OCc2ccccc2)C(=O)OCc2ccccc2)SC1=S. The highest BCUT2D eigenvalue weighted by Gasteiger charge is 2.63. The van der Waals surface area contributed by atoms with Gasteiger partial charge in [0.05, 0.1) is 30.2 Å². The van der Waals surface area contributed by atoms with Crippen molar-refractivity contribution in [3.05, 3.63) is 176 Å². The standard InChI is InChI=1S/C56H40N4O10S7/c1-3-59-47(61)45(76-53(59)71)57-37-25-35-39(55(37,49(63)67-27-31-17-9-5-10-18-31)50(64)68-28-32-19-11-6-12-20-32)41-43(73-35)44-42(75-41)40-36(74-44)26-38(58-46-48(62)60(4-2)54(72)77-46)56(40,51(65)69-29-33-21-13-7-14-22-33)52(66)70-30-34-23-15-8-16-24-34/h5-26H,3-4,27-30H2,1-2H3/b57-45-,58-46-. The number of nitrogens with zero attached hydrogens (tertiary/aromatic N) is 4. The van der Waals surface area contributed by atoms with Crippen LogP contribution in [0.25, 0.3) is 31.0 Å². The molecule has 5 heterocycles.